The van der Waals surface area contributed by atoms with E-state index in [-0.39, 0.29) is 48.9 Å². The van der Waals surface area contributed by atoms with Gasteiger partial charge in [0.2, 0.25) is 0 Å². The van der Waals surface area contributed by atoms with Crippen LogP contribution in [0.1, 0.15) is 38.8 Å². The summed E-state index contributed by atoms with van der Waals surface area (Å²) in [6, 6.07) is 12.7. The summed E-state index contributed by atoms with van der Waals surface area (Å²) in [5.41, 5.74) is 5.74. The monoisotopic (exact) mass is 1040 g/mol. The van der Waals surface area contributed by atoms with Crippen molar-refractivity contribution in [3.8, 4) is 0 Å². The van der Waals surface area contributed by atoms with E-state index in [1.807, 2.05) is 26.0 Å². The van der Waals surface area contributed by atoms with Gasteiger partial charge in [-0.25, -0.2) is 28.5 Å². The lowest BCUT2D eigenvalue weighted by atomic mass is 10.1. The molecule has 4 aromatic carbocycles. The summed E-state index contributed by atoms with van der Waals surface area (Å²) < 4.78 is 68.9. The summed E-state index contributed by atoms with van der Waals surface area (Å²) in [5, 5.41) is 13.5. The number of nitrogens with one attached hydrogen (secondary N) is 4. The van der Waals surface area contributed by atoms with Crippen LogP contribution in [0.15, 0.2) is 48.5 Å². The fourth-order valence-electron chi connectivity index (χ4n) is 4.46. The first-order valence-corrected chi connectivity index (χ1v) is 19.0. The number of hydrogen-bond donors (Lipinski definition) is 5. The Labute approximate surface area is 351 Å². The second kappa shape index (κ2) is 22.7. The minimum absolute atomic E-state index is 0.107. The summed E-state index contributed by atoms with van der Waals surface area (Å²) >= 11 is 15.7. The predicted octanol–water partition coefficient (Wildman–Crippen LogP) is 8.92. The van der Waals surface area contributed by atoms with Crippen LogP contribution in [-0.2, 0) is 19.1 Å². The van der Waals surface area contributed by atoms with Crippen LogP contribution in [0, 0.1) is 44.3 Å². The molecule has 2 amide bonds. The number of anilines is 4. The Kier molecular flexibility index (Phi) is 19.1. The molecule has 0 aromatic heterocycles. The molecule has 19 heteroatoms. The Bertz CT molecular complexity index is 1980. The molecular formula is C36H36Cl2F4I2N4O7. The van der Waals surface area contributed by atoms with Gasteiger partial charge in [0.15, 0.2) is 23.3 Å². The average molecular weight is 1040 g/mol. The van der Waals surface area contributed by atoms with Crippen LogP contribution in [0.3, 0.4) is 0 Å². The summed E-state index contributed by atoms with van der Waals surface area (Å²) in [6.07, 6.45) is -0.652. The molecule has 0 saturated carbocycles. The summed E-state index contributed by atoms with van der Waals surface area (Å²) in [4.78, 5) is 34.8. The maximum atomic E-state index is 14.5. The van der Waals surface area contributed by atoms with Crippen molar-refractivity contribution >= 4 is 103 Å². The van der Waals surface area contributed by atoms with Crippen molar-refractivity contribution in [2.75, 3.05) is 50.8 Å². The second-order valence-corrected chi connectivity index (χ2v) is 14.6. The van der Waals surface area contributed by atoms with Gasteiger partial charge in [0.1, 0.15) is 12.7 Å². The quantitative estimate of drug-likeness (QED) is 0.0245. The van der Waals surface area contributed by atoms with Crippen LogP contribution in [0.25, 0.3) is 0 Å². The van der Waals surface area contributed by atoms with Crippen molar-refractivity contribution < 1.29 is 51.4 Å². The average Bonchev–Trinajstić information content (AvgIpc) is 3.15. The first kappa shape index (κ1) is 46.4. The van der Waals surface area contributed by atoms with Crippen molar-refractivity contribution in [2.45, 2.75) is 26.9 Å². The van der Waals surface area contributed by atoms with Crippen LogP contribution >= 0.6 is 68.4 Å². The molecule has 0 heterocycles. The number of halogens is 8. The number of rotatable bonds is 16. The number of carbonyl (C=O) groups excluding carboxylic acids is 2. The van der Waals surface area contributed by atoms with Crippen LogP contribution in [0.5, 0.6) is 0 Å². The maximum absolute atomic E-state index is 14.5. The molecule has 0 aliphatic rings. The first-order chi connectivity index (χ1) is 26.1. The summed E-state index contributed by atoms with van der Waals surface area (Å²) in [7, 11) is 1.37. The van der Waals surface area contributed by atoms with E-state index in [1.165, 1.54) is 7.11 Å². The van der Waals surface area contributed by atoms with Gasteiger partial charge in [0.25, 0.3) is 11.8 Å². The van der Waals surface area contributed by atoms with Crippen LogP contribution < -0.4 is 21.6 Å². The van der Waals surface area contributed by atoms with Gasteiger partial charge in [-0.1, -0.05) is 23.2 Å². The third-order valence-corrected chi connectivity index (χ3v) is 9.27. The van der Waals surface area contributed by atoms with E-state index in [4.69, 9.17) is 47.5 Å². The number of aliphatic hydroxyl groups excluding tert-OH is 1. The molecule has 5 N–H and O–H groups in total. The molecule has 0 fully saturated rings. The fourth-order valence-corrected chi connectivity index (χ4v) is 6.14. The molecule has 11 nitrogen and oxygen atoms in total. The molecule has 4 rings (SSSR count). The molecule has 4 aromatic rings. The van der Waals surface area contributed by atoms with Crippen LogP contribution in [0.4, 0.5) is 40.3 Å². The molecule has 298 valence electrons. The SMILES string of the molecule is CCOCCONC(=O)c1cc(Cl)c(F)c(F)c1Nc1ccc(I)cc1C.COC(CO)CONC(=O)c1cc(Cl)c(F)c(F)c1Nc1ccc(I)cc1C. The highest BCUT2D eigenvalue weighted by Gasteiger charge is 2.24. The van der Waals surface area contributed by atoms with Gasteiger partial charge in [-0.05, 0) is 126 Å². The van der Waals surface area contributed by atoms with Crippen molar-refractivity contribution in [1.82, 2.24) is 11.0 Å². The lowest BCUT2D eigenvalue weighted by Gasteiger charge is -2.17. The van der Waals surface area contributed by atoms with Gasteiger partial charge < -0.3 is 25.2 Å². The van der Waals surface area contributed by atoms with Crippen molar-refractivity contribution in [3.05, 3.63) is 111 Å². The second-order valence-electron chi connectivity index (χ2n) is 11.2. The van der Waals surface area contributed by atoms with E-state index in [1.54, 1.807) is 31.2 Å². The lowest BCUT2D eigenvalue weighted by Crippen LogP contribution is -2.31. The predicted molar refractivity (Wildman–Crippen MR) is 218 cm³/mol. The number of hydrogen-bond acceptors (Lipinski definition) is 9. The zero-order valence-corrected chi connectivity index (χ0v) is 35.5. The third-order valence-electron chi connectivity index (χ3n) is 7.38. The number of methoxy groups -OCH3 is 1. The van der Waals surface area contributed by atoms with Crippen molar-refractivity contribution in [2.24, 2.45) is 0 Å². The largest absolute Gasteiger partial charge is 0.394 e. The van der Waals surface area contributed by atoms with E-state index < -0.39 is 51.2 Å². The Hall–Kier alpha value is -3.02. The molecule has 1 unspecified atom stereocenters. The lowest BCUT2D eigenvalue weighted by molar-refractivity contribution is -0.0469. The van der Waals surface area contributed by atoms with Crippen LogP contribution in [0.2, 0.25) is 10.0 Å². The smallest absolute Gasteiger partial charge is 0.277 e. The third kappa shape index (κ3) is 13.3. The Morgan fingerprint density at radius 1 is 0.745 bits per heavy atom. The Balaban J connectivity index is 0.000000296. The minimum atomic E-state index is -1.29. The van der Waals surface area contributed by atoms with Gasteiger partial charge in [-0.2, -0.15) is 0 Å². The molecular weight excluding hydrogens is 1000 g/mol. The molecule has 55 heavy (non-hydrogen) atoms. The number of amides is 2. The Morgan fingerprint density at radius 3 is 1.60 bits per heavy atom. The van der Waals surface area contributed by atoms with E-state index in [2.05, 4.69) is 66.8 Å². The number of aryl methyl sites for hydroxylation is 2. The summed E-state index contributed by atoms with van der Waals surface area (Å²) in [6.45, 7) is 5.87. The zero-order chi connectivity index (χ0) is 40.8. The molecule has 1 atom stereocenters. The molecule has 0 spiro atoms. The highest BCUT2D eigenvalue weighted by molar-refractivity contribution is 14.1. The molecule has 0 radical (unpaired) electrons. The standard InChI is InChI=1S/C18H18ClF2IN2O4.C18H18ClF2IN2O3/c1-9-5-10(22)3-4-14(9)23-17-12(6-13(19)15(20)16(17)21)18(26)24-28-8-11(7-25)27-2;1-3-26-6-7-27-24-18(25)12-9-13(19)15(20)16(21)17(12)23-14-5-4-11(22)8-10(14)2/h3-6,11,23,25H,7-8H2,1-2H3,(H,24,26);4-5,8-9,23H,3,6-7H2,1-2H3,(H,24,25). The highest BCUT2D eigenvalue weighted by Crippen LogP contribution is 2.34. The molecule has 0 bridgehead atoms. The highest BCUT2D eigenvalue weighted by atomic mass is 127. The molecule has 0 saturated heterocycles. The number of carbonyl (C=O) groups is 2. The van der Waals surface area contributed by atoms with E-state index in [9.17, 15) is 27.2 Å². The minimum Gasteiger partial charge on any atom is -0.394 e. The number of hydroxylamine groups is 2. The van der Waals surface area contributed by atoms with Gasteiger partial charge >= 0.3 is 0 Å². The first-order valence-electron chi connectivity index (χ1n) is 16.1. The number of aliphatic hydroxyl groups is 1. The summed E-state index contributed by atoms with van der Waals surface area (Å²) in [5.74, 6) is -6.67. The Morgan fingerprint density at radius 2 is 1.20 bits per heavy atom. The van der Waals surface area contributed by atoms with Crippen molar-refractivity contribution in [3.63, 3.8) is 0 Å². The van der Waals surface area contributed by atoms with E-state index >= 15 is 0 Å². The van der Waals surface area contributed by atoms with Crippen molar-refractivity contribution in [1.29, 1.82) is 0 Å². The van der Waals surface area contributed by atoms with Gasteiger partial charge in [-0.15, -0.1) is 0 Å². The maximum Gasteiger partial charge on any atom is 0.277 e. The zero-order valence-electron chi connectivity index (χ0n) is 29.7. The van der Waals surface area contributed by atoms with Crippen LogP contribution in [-0.4, -0.2) is 63.2 Å². The fraction of sp³-hybridized carbons (Fsp3) is 0.278. The van der Waals surface area contributed by atoms with Gasteiger partial charge in [-0.3, -0.25) is 19.3 Å². The van der Waals surface area contributed by atoms with E-state index in [0.717, 1.165) is 30.4 Å². The normalized spacial score (nSPS) is 11.4. The van der Waals surface area contributed by atoms with Gasteiger partial charge in [0.05, 0.1) is 52.4 Å². The van der Waals surface area contributed by atoms with Gasteiger partial charge in [0, 0.05) is 32.2 Å². The molecule has 0 aliphatic carbocycles. The molecule has 0 aliphatic heterocycles. The number of ether oxygens (including phenoxy) is 2. The van der Waals surface area contributed by atoms with E-state index in [0.29, 0.717) is 18.0 Å². The number of benzene rings is 4. The topological polar surface area (TPSA) is 139 Å².